The molecule has 1 aromatic heterocycles. The summed E-state index contributed by atoms with van der Waals surface area (Å²) in [6, 6.07) is 23.2. The molecule has 0 saturated heterocycles. The smallest absolute Gasteiger partial charge is 0.263 e. The maximum absolute atomic E-state index is 12.8. The zero-order chi connectivity index (χ0) is 19.6. The largest absolute Gasteiger partial charge is 0.337 e. The van der Waals surface area contributed by atoms with E-state index in [9.17, 15) is 8.42 Å². The van der Waals surface area contributed by atoms with Gasteiger partial charge in [0.25, 0.3) is 10.0 Å². The fourth-order valence-electron chi connectivity index (χ4n) is 2.72. The van der Waals surface area contributed by atoms with Gasteiger partial charge in [0.15, 0.2) is 11.6 Å². The number of sulfonamides is 1. The number of nitrogens with one attached hydrogen (secondary N) is 2. The number of aromatic nitrogens is 2. The Balaban J connectivity index is 1.78. The van der Waals surface area contributed by atoms with Crippen molar-refractivity contribution in [2.24, 2.45) is 0 Å². The number of benzene rings is 3. The second-order valence-corrected chi connectivity index (χ2v) is 8.00. The van der Waals surface area contributed by atoms with Gasteiger partial charge in [-0.05, 0) is 43.3 Å². The lowest BCUT2D eigenvalue weighted by Crippen LogP contribution is -2.16. The molecule has 0 aliphatic carbocycles. The summed E-state index contributed by atoms with van der Waals surface area (Å²) in [5.41, 5.74) is 3.18. The summed E-state index contributed by atoms with van der Waals surface area (Å²) in [6.07, 6.45) is 0. The number of rotatable bonds is 5. The van der Waals surface area contributed by atoms with Gasteiger partial charge in [-0.15, -0.1) is 0 Å². The van der Waals surface area contributed by atoms with Crippen molar-refractivity contribution in [1.29, 1.82) is 0 Å². The molecular formula is C21H18N4O2S. The average molecular weight is 390 g/mol. The average Bonchev–Trinajstić information content (AvgIpc) is 2.70. The Bertz CT molecular complexity index is 1220. The number of hydrogen-bond acceptors (Lipinski definition) is 5. The van der Waals surface area contributed by atoms with Crippen LogP contribution in [-0.2, 0) is 10.0 Å². The molecule has 0 radical (unpaired) electrons. The van der Waals surface area contributed by atoms with Crippen LogP contribution >= 0.6 is 0 Å². The third-order valence-electron chi connectivity index (χ3n) is 4.17. The Kier molecular flexibility index (Phi) is 4.67. The van der Waals surface area contributed by atoms with Crippen molar-refractivity contribution in [2.45, 2.75) is 11.8 Å². The summed E-state index contributed by atoms with van der Waals surface area (Å²) < 4.78 is 28.1. The van der Waals surface area contributed by atoms with Gasteiger partial charge >= 0.3 is 0 Å². The standard InChI is InChI=1S/C21H18N4O2S/c1-15-11-13-16(14-12-15)22-20-21(24-19-10-6-5-9-18(19)23-20)25-28(26,27)17-7-3-2-4-8-17/h2-14H,1H3,(H,22,23)(H,24,25). The van der Waals surface area contributed by atoms with Gasteiger partial charge in [-0.25, -0.2) is 18.4 Å². The number of fused-ring (bicyclic) bond motifs is 1. The van der Waals surface area contributed by atoms with E-state index < -0.39 is 10.0 Å². The quantitative estimate of drug-likeness (QED) is 0.525. The van der Waals surface area contributed by atoms with E-state index in [1.807, 2.05) is 49.4 Å². The Hall–Kier alpha value is -3.45. The van der Waals surface area contributed by atoms with Crippen LogP contribution in [0.3, 0.4) is 0 Å². The first kappa shape index (κ1) is 17.9. The zero-order valence-electron chi connectivity index (χ0n) is 15.1. The predicted molar refractivity (Wildman–Crippen MR) is 111 cm³/mol. The predicted octanol–water partition coefficient (Wildman–Crippen LogP) is 4.48. The van der Waals surface area contributed by atoms with Crippen molar-refractivity contribution in [1.82, 2.24) is 9.97 Å². The van der Waals surface area contributed by atoms with Crippen LogP contribution in [-0.4, -0.2) is 18.4 Å². The van der Waals surface area contributed by atoms with Gasteiger partial charge in [0.1, 0.15) is 0 Å². The van der Waals surface area contributed by atoms with Crippen LogP contribution in [0.2, 0.25) is 0 Å². The molecule has 0 aliphatic heterocycles. The molecule has 0 unspecified atom stereocenters. The summed E-state index contributed by atoms with van der Waals surface area (Å²) in [7, 11) is -3.80. The molecule has 3 aromatic carbocycles. The molecular weight excluding hydrogens is 372 g/mol. The van der Waals surface area contributed by atoms with E-state index in [1.54, 1.807) is 24.3 Å². The number of nitrogens with zero attached hydrogens (tertiary/aromatic N) is 2. The Labute approximate surface area is 163 Å². The minimum Gasteiger partial charge on any atom is -0.337 e. The fraction of sp³-hybridized carbons (Fsp3) is 0.0476. The van der Waals surface area contributed by atoms with Crippen molar-refractivity contribution in [3.8, 4) is 0 Å². The van der Waals surface area contributed by atoms with Gasteiger partial charge in [0.05, 0.1) is 15.9 Å². The maximum Gasteiger partial charge on any atom is 0.263 e. The SMILES string of the molecule is Cc1ccc(Nc2nc3ccccc3nc2NS(=O)(=O)c2ccccc2)cc1. The molecule has 0 amide bonds. The summed E-state index contributed by atoms with van der Waals surface area (Å²) in [5, 5.41) is 3.17. The van der Waals surface area contributed by atoms with Gasteiger partial charge in [-0.1, -0.05) is 48.0 Å². The molecule has 4 aromatic rings. The van der Waals surface area contributed by atoms with Crippen LogP contribution < -0.4 is 10.0 Å². The summed E-state index contributed by atoms with van der Waals surface area (Å²) in [6.45, 7) is 2.00. The van der Waals surface area contributed by atoms with Crippen LogP contribution in [0, 0.1) is 6.92 Å². The summed E-state index contributed by atoms with van der Waals surface area (Å²) in [4.78, 5) is 9.21. The lowest BCUT2D eigenvalue weighted by atomic mass is 10.2. The van der Waals surface area contributed by atoms with Crippen LogP contribution in [0.4, 0.5) is 17.3 Å². The molecule has 2 N–H and O–H groups in total. The Morgan fingerprint density at radius 3 is 1.93 bits per heavy atom. The van der Waals surface area contributed by atoms with E-state index in [4.69, 9.17) is 0 Å². The lowest BCUT2D eigenvalue weighted by Gasteiger charge is -2.14. The van der Waals surface area contributed by atoms with Gasteiger partial charge in [0.2, 0.25) is 0 Å². The number of para-hydroxylation sites is 2. The van der Waals surface area contributed by atoms with E-state index in [-0.39, 0.29) is 10.7 Å². The first-order chi connectivity index (χ1) is 13.5. The Morgan fingerprint density at radius 1 is 0.714 bits per heavy atom. The van der Waals surface area contributed by atoms with E-state index in [2.05, 4.69) is 20.0 Å². The number of aryl methyl sites for hydroxylation is 1. The molecule has 7 heteroatoms. The topological polar surface area (TPSA) is 84.0 Å². The highest BCUT2D eigenvalue weighted by Crippen LogP contribution is 2.27. The van der Waals surface area contributed by atoms with E-state index >= 15 is 0 Å². The molecule has 1 heterocycles. The first-order valence-electron chi connectivity index (χ1n) is 8.70. The third kappa shape index (κ3) is 3.79. The lowest BCUT2D eigenvalue weighted by molar-refractivity contribution is 0.601. The van der Waals surface area contributed by atoms with Gasteiger partial charge < -0.3 is 5.32 Å². The zero-order valence-corrected chi connectivity index (χ0v) is 15.9. The van der Waals surface area contributed by atoms with Crippen LogP contribution in [0.25, 0.3) is 11.0 Å². The van der Waals surface area contributed by atoms with Gasteiger partial charge in [0, 0.05) is 5.69 Å². The fourth-order valence-corrected chi connectivity index (χ4v) is 3.75. The van der Waals surface area contributed by atoms with Gasteiger partial charge in [-0.2, -0.15) is 0 Å². The van der Waals surface area contributed by atoms with Crippen molar-refractivity contribution in [2.75, 3.05) is 10.0 Å². The monoisotopic (exact) mass is 390 g/mol. The molecule has 0 saturated carbocycles. The third-order valence-corrected chi connectivity index (χ3v) is 5.52. The van der Waals surface area contributed by atoms with Crippen LogP contribution in [0.15, 0.2) is 83.8 Å². The van der Waals surface area contributed by atoms with Crippen molar-refractivity contribution < 1.29 is 8.42 Å². The van der Waals surface area contributed by atoms with Crippen molar-refractivity contribution in [3.05, 3.63) is 84.4 Å². The highest BCUT2D eigenvalue weighted by molar-refractivity contribution is 7.92. The second kappa shape index (κ2) is 7.28. The molecule has 4 rings (SSSR count). The molecule has 6 nitrogen and oxygen atoms in total. The molecule has 0 fully saturated rings. The molecule has 0 atom stereocenters. The van der Waals surface area contributed by atoms with E-state index in [1.165, 1.54) is 12.1 Å². The van der Waals surface area contributed by atoms with Crippen LogP contribution in [0.5, 0.6) is 0 Å². The normalized spacial score (nSPS) is 11.3. The summed E-state index contributed by atoms with van der Waals surface area (Å²) >= 11 is 0. The maximum atomic E-state index is 12.8. The van der Waals surface area contributed by atoms with Crippen LogP contribution in [0.1, 0.15) is 5.56 Å². The second-order valence-electron chi connectivity index (χ2n) is 6.32. The molecule has 0 bridgehead atoms. The van der Waals surface area contributed by atoms with Crippen molar-refractivity contribution in [3.63, 3.8) is 0 Å². The number of anilines is 3. The first-order valence-corrected chi connectivity index (χ1v) is 10.2. The van der Waals surface area contributed by atoms with Crippen molar-refractivity contribution >= 4 is 38.4 Å². The molecule has 140 valence electrons. The Morgan fingerprint density at radius 2 is 1.29 bits per heavy atom. The summed E-state index contributed by atoms with van der Waals surface area (Å²) in [5.74, 6) is 0.477. The highest BCUT2D eigenvalue weighted by atomic mass is 32.2. The molecule has 0 aliphatic rings. The minimum atomic E-state index is -3.80. The van der Waals surface area contributed by atoms with E-state index in [0.717, 1.165) is 11.3 Å². The van der Waals surface area contributed by atoms with Gasteiger partial charge in [-0.3, -0.25) is 4.72 Å². The van der Waals surface area contributed by atoms with E-state index in [0.29, 0.717) is 16.9 Å². The minimum absolute atomic E-state index is 0.142. The molecule has 28 heavy (non-hydrogen) atoms. The number of hydrogen-bond donors (Lipinski definition) is 2. The molecule has 0 spiro atoms. The highest BCUT2D eigenvalue weighted by Gasteiger charge is 2.18.